The molecule has 4 heterocycles. The first-order chi connectivity index (χ1) is 13.4. The van der Waals surface area contributed by atoms with Gasteiger partial charge in [0.15, 0.2) is 0 Å². The number of aliphatic hydroxyl groups is 2. The monoisotopic (exact) mass is 381 g/mol. The number of aliphatic hydroxyl groups excluding tert-OH is 2. The molecule has 2 saturated heterocycles. The predicted molar refractivity (Wildman–Crippen MR) is 103 cm³/mol. The lowest BCUT2D eigenvalue weighted by Gasteiger charge is -2.42. The molecule has 7 nitrogen and oxygen atoms in total. The quantitative estimate of drug-likeness (QED) is 0.659. The third kappa shape index (κ3) is 2.04. The highest BCUT2D eigenvalue weighted by atomic mass is 16.5. The Morgan fingerprint density at radius 1 is 1.36 bits per heavy atom. The molecule has 0 radical (unpaired) electrons. The fraction of sp³-hybridized carbons (Fsp3) is 0.429. The first kappa shape index (κ1) is 17.6. The summed E-state index contributed by atoms with van der Waals surface area (Å²) in [6.45, 7) is 6.39. The van der Waals surface area contributed by atoms with Gasteiger partial charge in [-0.3, -0.25) is 9.69 Å². The van der Waals surface area contributed by atoms with Gasteiger partial charge >= 0.3 is 0 Å². The van der Waals surface area contributed by atoms with E-state index in [1.54, 1.807) is 13.2 Å². The average Bonchev–Trinajstić information content (AvgIpc) is 3.12. The molecule has 5 rings (SSSR count). The molecule has 5 unspecified atom stereocenters. The molecule has 6 atom stereocenters. The van der Waals surface area contributed by atoms with Crippen molar-refractivity contribution in [1.82, 2.24) is 15.2 Å². The molecule has 0 spiro atoms. The average molecular weight is 381 g/mol. The van der Waals surface area contributed by atoms with Gasteiger partial charge in [0.2, 0.25) is 0 Å². The number of hydrogen-bond donors (Lipinski definition) is 3. The molecule has 1 aromatic heterocycles. The largest absolute Gasteiger partial charge is 0.497 e. The van der Waals surface area contributed by atoms with Gasteiger partial charge in [-0.05, 0) is 29.8 Å². The first-order valence-corrected chi connectivity index (χ1v) is 9.44. The van der Waals surface area contributed by atoms with E-state index >= 15 is 0 Å². The highest BCUT2D eigenvalue weighted by Crippen LogP contribution is 2.50. The number of rotatable bonds is 2. The smallest absolute Gasteiger partial charge is 0.270 e. The minimum atomic E-state index is -0.943. The molecule has 3 aliphatic rings. The summed E-state index contributed by atoms with van der Waals surface area (Å²) < 4.78 is 5.33. The van der Waals surface area contributed by atoms with Crippen molar-refractivity contribution in [2.24, 2.45) is 0 Å². The maximum atomic E-state index is 12.8. The number of carbonyl (C=O) groups excluding carboxylic acids is 1. The highest BCUT2D eigenvalue weighted by molar-refractivity contribution is 5.99. The minimum absolute atomic E-state index is 0.188. The van der Waals surface area contributed by atoms with Gasteiger partial charge in [-0.2, -0.15) is 0 Å². The lowest BCUT2D eigenvalue weighted by Crippen LogP contribution is -2.58. The van der Waals surface area contributed by atoms with Crippen molar-refractivity contribution in [3.8, 4) is 5.75 Å². The normalized spacial score (nSPS) is 36.6. The number of benzene rings is 1. The SMILES string of the molecule is C=CC1[C@@H](O)C(O)C2N1CC1NC(=O)c3nc4ccc(OC)cc4cc3C12C. The zero-order valence-electron chi connectivity index (χ0n) is 15.8. The number of methoxy groups -OCH3 is 1. The van der Waals surface area contributed by atoms with E-state index < -0.39 is 17.6 Å². The van der Waals surface area contributed by atoms with Gasteiger partial charge in [-0.25, -0.2) is 4.98 Å². The number of amides is 1. The maximum Gasteiger partial charge on any atom is 0.270 e. The van der Waals surface area contributed by atoms with Crippen LogP contribution in [-0.2, 0) is 5.41 Å². The molecule has 7 heteroatoms. The van der Waals surface area contributed by atoms with Crippen molar-refractivity contribution < 1.29 is 19.7 Å². The van der Waals surface area contributed by atoms with Gasteiger partial charge in [0, 0.05) is 17.3 Å². The third-order valence-electron chi connectivity index (χ3n) is 6.86. The van der Waals surface area contributed by atoms with Gasteiger partial charge in [0.05, 0.1) is 36.9 Å². The Bertz CT molecular complexity index is 1010. The summed E-state index contributed by atoms with van der Waals surface area (Å²) in [5.74, 6) is 0.508. The number of nitrogens with zero attached hydrogens (tertiary/aromatic N) is 2. The van der Waals surface area contributed by atoms with Crippen molar-refractivity contribution in [2.75, 3.05) is 13.7 Å². The molecule has 3 N–H and O–H groups in total. The van der Waals surface area contributed by atoms with Crippen LogP contribution in [0, 0.1) is 0 Å². The van der Waals surface area contributed by atoms with Crippen LogP contribution in [0.15, 0.2) is 36.9 Å². The van der Waals surface area contributed by atoms with Crippen molar-refractivity contribution in [2.45, 2.75) is 42.7 Å². The Hall–Kier alpha value is -2.48. The summed E-state index contributed by atoms with van der Waals surface area (Å²) in [5.41, 5.74) is 1.29. The Kier molecular flexibility index (Phi) is 3.62. The summed E-state index contributed by atoms with van der Waals surface area (Å²) >= 11 is 0. The summed E-state index contributed by atoms with van der Waals surface area (Å²) in [7, 11) is 1.61. The fourth-order valence-electron chi connectivity index (χ4n) is 5.42. The number of nitrogens with one attached hydrogen (secondary N) is 1. The van der Waals surface area contributed by atoms with Crippen LogP contribution in [-0.4, -0.2) is 70.0 Å². The molecule has 2 fully saturated rings. The van der Waals surface area contributed by atoms with E-state index in [2.05, 4.69) is 21.8 Å². The highest BCUT2D eigenvalue weighted by Gasteiger charge is 2.64. The van der Waals surface area contributed by atoms with E-state index in [1.165, 1.54) is 0 Å². The van der Waals surface area contributed by atoms with Gasteiger partial charge < -0.3 is 20.3 Å². The van der Waals surface area contributed by atoms with Crippen molar-refractivity contribution in [3.05, 3.63) is 48.2 Å². The summed E-state index contributed by atoms with van der Waals surface area (Å²) in [5, 5.41) is 25.3. The zero-order chi connectivity index (χ0) is 19.8. The van der Waals surface area contributed by atoms with Crippen molar-refractivity contribution in [1.29, 1.82) is 0 Å². The van der Waals surface area contributed by atoms with E-state index in [9.17, 15) is 15.0 Å². The van der Waals surface area contributed by atoms with Crippen LogP contribution in [0.5, 0.6) is 5.75 Å². The molecule has 1 amide bonds. The van der Waals surface area contributed by atoms with Crippen LogP contribution < -0.4 is 10.1 Å². The molecule has 0 saturated carbocycles. The van der Waals surface area contributed by atoms with Crippen molar-refractivity contribution >= 4 is 16.8 Å². The lowest BCUT2D eigenvalue weighted by atomic mass is 9.68. The first-order valence-electron chi connectivity index (χ1n) is 9.44. The second-order valence-electron chi connectivity index (χ2n) is 8.10. The van der Waals surface area contributed by atoms with Crippen LogP contribution in [0.25, 0.3) is 10.9 Å². The molecule has 2 aromatic rings. The molecule has 0 aliphatic carbocycles. The molecule has 146 valence electrons. The van der Waals surface area contributed by atoms with Crippen LogP contribution in [0.3, 0.4) is 0 Å². The molecule has 28 heavy (non-hydrogen) atoms. The van der Waals surface area contributed by atoms with E-state index in [4.69, 9.17) is 4.74 Å². The van der Waals surface area contributed by atoms with Crippen LogP contribution >= 0.6 is 0 Å². The van der Waals surface area contributed by atoms with Crippen LogP contribution in [0.4, 0.5) is 0 Å². The third-order valence-corrected chi connectivity index (χ3v) is 6.86. The summed E-state index contributed by atoms with van der Waals surface area (Å²) in [4.78, 5) is 19.5. The number of carbonyl (C=O) groups is 1. The second-order valence-corrected chi connectivity index (χ2v) is 8.10. The summed E-state index contributed by atoms with van der Waals surface area (Å²) in [6, 6.07) is 6.64. The fourth-order valence-corrected chi connectivity index (χ4v) is 5.42. The van der Waals surface area contributed by atoms with Gasteiger partial charge in [-0.15, -0.1) is 6.58 Å². The molecule has 0 bridgehead atoms. The summed E-state index contributed by atoms with van der Waals surface area (Å²) in [6.07, 6.45) is -0.183. The number of fused-ring (bicyclic) bond motifs is 6. The molecule has 3 aliphatic heterocycles. The molecular formula is C21H23N3O4. The molecular weight excluding hydrogens is 358 g/mol. The van der Waals surface area contributed by atoms with Gasteiger partial charge in [0.25, 0.3) is 5.91 Å². The van der Waals surface area contributed by atoms with Gasteiger partial charge in [-0.1, -0.05) is 13.0 Å². The van der Waals surface area contributed by atoms with Gasteiger partial charge in [0.1, 0.15) is 17.5 Å². The number of aromatic nitrogens is 1. The van der Waals surface area contributed by atoms with E-state index in [1.807, 2.05) is 31.2 Å². The Morgan fingerprint density at radius 2 is 2.14 bits per heavy atom. The van der Waals surface area contributed by atoms with E-state index in [-0.39, 0.29) is 24.0 Å². The second kappa shape index (κ2) is 5.76. The van der Waals surface area contributed by atoms with E-state index in [0.29, 0.717) is 23.5 Å². The van der Waals surface area contributed by atoms with E-state index in [0.717, 1.165) is 10.9 Å². The Morgan fingerprint density at radius 3 is 2.86 bits per heavy atom. The standard InChI is InChI=1S/C21H23N3O4/c1-4-14-17(25)18(26)19-21(2)12-8-10-7-11(28-3)5-6-13(10)22-16(12)20(27)23-15(21)9-24(14)19/h4-8,14-15,17-19,25-26H,1,9H2,2-3H3,(H,23,27)/t14?,15?,17-,18?,19?,21?/m1/s1. The Labute approximate surface area is 162 Å². The number of ether oxygens (including phenoxy) is 1. The minimum Gasteiger partial charge on any atom is -0.497 e. The van der Waals surface area contributed by atoms with Crippen molar-refractivity contribution in [3.63, 3.8) is 0 Å². The lowest BCUT2D eigenvalue weighted by molar-refractivity contribution is 0.0179. The maximum absolute atomic E-state index is 12.8. The van der Waals surface area contributed by atoms with Crippen LogP contribution in [0.1, 0.15) is 23.0 Å². The number of pyridine rings is 1. The number of hydrogen-bond acceptors (Lipinski definition) is 6. The predicted octanol–water partition coefficient (Wildman–Crippen LogP) is 0.587. The molecule has 1 aromatic carbocycles. The topological polar surface area (TPSA) is 94.9 Å². The van der Waals surface area contributed by atoms with Crippen LogP contribution in [0.2, 0.25) is 0 Å². The Balaban J connectivity index is 1.73. The zero-order valence-corrected chi connectivity index (χ0v) is 15.8.